The normalized spacial score (nSPS) is 20.7. The van der Waals surface area contributed by atoms with Crippen LogP contribution in [0.1, 0.15) is 57.7 Å². The van der Waals surface area contributed by atoms with E-state index < -0.39 is 5.97 Å². The van der Waals surface area contributed by atoms with Crippen molar-refractivity contribution < 1.29 is 9.90 Å². The van der Waals surface area contributed by atoms with Crippen LogP contribution in [0.25, 0.3) is 0 Å². The Morgan fingerprint density at radius 1 is 1.21 bits per heavy atom. The van der Waals surface area contributed by atoms with Crippen molar-refractivity contribution in [1.82, 2.24) is 15.0 Å². The Kier molecular flexibility index (Phi) is 4.18. The molecule has 126 valence electrons. The minimum absolute atomic E-state index is 0.0140. The van der Waals surface area contributed by atoms with E-state index in [0.29, 0.717) is 5.92 Å². The molecule has 1 saturated heterocycles. The van der Waals surface area contributed by atoms with Crippen LogP contribution in [-0.4, -0.2) is 39.1 Å². The molecule has 1 aliphatic heterocycles. The minimum atomic E-state index is -1.04. The van der Waals surface area contributed by atoms with Gasteiger partial charge >= 0.3 is 5.97 Å². The van der Waals surface area contributed by atoms with Gasteiger partial charge in [0.1, 0.15) is 5.82 Å². The van der Waals surface area contributed by atoms with E-state index in [1.807, 2.05) is 11.3 Å². The molecule has 3 heterocycles. The van der Waals surface area contributed by atoms with Crippen LogP contribution in [0.5, 0.6) is 0 Å². The maximum absolute atomic E-state index is 10.9. The molecular formula is C17H20N4O2S. The molecule has 1 fully saturated rings. The summed E-state index contributed by atoms with van der Waals surface area (Å²) in [6.07, 6.45) is 10.0. The molecule has 24 heavy (non-hydrogen) atoms. The maximum atomic E-state index is 10.9. The summed E-state index contributed by atoms with van der Waals surface area (Å²) in [6.45, 7) is 1.82. The van der Waals surface area contributed by atoms with Gasteiger partial charge < -0.3 is 10.0 Å². The van der Waals surface area contributed by atoms with Crippen molar-refractivity contribution >= 4 is 23.1 Å². The van der Waals surface area contributed by atoms with Gasteiger partial charge in [-0.3, -0.25) is 0 Å². The molecule has 4 rings (SSSR count). The van der Waals surface area contributed by atoms with Crippen LogP contribution in [0.3, 0.4) is 0 Å². The molecule has 0 aromatic carbocycles. The molecule has 2 aliphatic rings. The highest BCUT2D eigenvalue weighted by molar-refractivity contribution is 7.11. The predicted octanol–water partition coefficient (Wildman–Crippen LogP) is 2.89. The SMILES string of the molecule is O=C(O)c1cnc(N2CCCC(c3nc4c(s3)CCCC4)C2)cn1. The standard InChI is InChI=1S/C17H20N4O2S/c22-17(23)13-8-19-15(9-18-13)21-7-3-4-11(10-21)16-20-12-5-1-2-6-14(12)24-16/h8-9,11H,1-7,10H2,(H,22,23). The summed E-state index contributed by atoms with van der Waals surface area (Å²) < 4.78 is 0. The van der Waals surface area contributed by atoms with Crippen LogP contribution in [-0.2, 0) is 12.8 Å². The van der Waals surface area contributed by atoms with E-state index in [1.165, 1.54) is 41.0 Å². The highest BCUT2D eigenvalue weighted by atomic mass is 32.1. The van der Waals surface area contributed by atoms with Crippen LogP contribution < -0.4 is 4.90 Å². The summed E-state index contributed by atoms with van der Waals surface area (Å²) in [7, 11) is 0. The molecule has 0 amide bonds. The number of aromatic nitrogens is 3. The molecule has 1 N–H and O–H groups in total. The van der Waals surface area contributed by atoms with Crippen molar-refractivity contribution in [2.24, 2.45) is 0 Å². The van der Waals surface area contributed by atoms with Crippen LogP contribution in [0, 0.1) is 0 Å². The van der Waals surface area contributed by atoms with E-state index in [2.05, 4.69) is 14.9 Å². The van der Waals surface area contributed by atoms with Crippen LogP contribution in [0.2, 0.25) is 0 Å². The van der Waals surface area contributed by atoms with Gasteiger partial charge in [0.2, 0.25) is 0 Å². The summed E-state index contributed by atoms with van der Waals surface area (Å²) >= 11 is 1.89. The predicted molar refractivity (Wildman–Crippen MR) is 91.9 cm³/mol. The van der Waals surface area contributed by atoms with E-state index in [0.717, 1.165) is 38.2 Å². The minimum Gasteiger partial charge on any atom is -0.476 e. The van der Waals surface area contributed by atoms with Gasteiger partial charge in [-0.15, -0.1) is 11.3 Å². The summed E-state index contributed by atoms with van der Waals surface area (Å²) in [5.41, 5.74) is 1.31. The first-order valence-corrected chi connectivity index (χ1v) is 9.31. The second kappa shape index (κ2) is 6.47. The first kappa shape index (κ1) is 15.5. The highest BCUT2D eigenvalue weighted by Gasteiger charge is 2.27. The monoisotopic (exact) mass is 344 g/mol. The van der Waals surface area contributed by atoms with E-state index in [4.69, 9.17) is 10.1 Å². The van der Waals surface area contributed by atoms with Gasteiger partial charge in [-0.25, -0.2) is 19.7 Å². The topological polar surface area (TPSA) is 79.2 Å². The van der Waals surface area contributed by atoms with Gasteiger partial charge in [0.25, 0.3) is 0 Å². The average molecular weight is 344 g/mol. The van der Waals surface area contributed by atoms with Crippen molar-refractivity contribution in [2.45, 2.75) is 44.4 Å². The van der Waals surface area contributed by atoms with E-state index in [9.17, 15) is 4.79 Å². The zero-order chi connectivity index (χ0) is 16.5. The van der Waals surface area contributed by atoms with Gasteiger partial charge in [0, 0.05) is 23.9 Å². The molecule has 0 bridgehead atoms. The number of thiazole rings is 1. The molecule has 2 aromatic heterocycles. The first-order valence-electron chi connectivity index (χ1n) is 8.49. The number of anilines is 1. The fraction of sp³-hybridized carbons (Fsp3) is 0.529. The number of rotatable bonds is 3. The van der Waals surface area contributed by atoms with Crippen molar-refractivity contribution in [2.75, 3.05) is 18.0 Å². The number of nitrogens with zero attached hydrogens (tertiary/aromatic N) is 4. The summed E-state index contributed by atoms with van der Waals surface area (Å²) in [6, 6.07) is 0. The Hall–Kier alpha value is -2.02. The van der Waals surface area contributed by atoms with Gasteiger partial charge in [-0.2, -0.15) is 0 Å². The lowest BCUT2D eigenvalue weighted by Gasteiger charge is -2.32. The van der Waals surface area contributed by atoms with Crippen molar-refractivity contribution in [1.29, 1.82) is 0 Å². The maximum Gasteiger partial charge on any atom is 0.356 e. The third-order valence-electron chi connectivity index (χ3n) is 4.81. The second-order valence-electron chi connectivity index (χ2n) is 6.48. The summed E-state index contributed by atoms with van der Waals surface area (Å²) in [4.78, 5) is 27.8. The molecule has 7 heteroatoms. The van der Waals surface area contributed by atoms with Crippen molar-refractivity contribution in [3.05, 3.63) is 33.7 Å². The number of aryl methyl sites for hydroxylation is 2. The zero-order valence-corrected chi connectivity index (χ0v) is 14.3. The number of hydrogen-bond acceptors (Lipinski definition) is 6. The number of carboxylic acids is 1. The first-order chi connectivity index (χ1) is 11.7. The van der Waals surface area contributed by atoms with Gasteiger partial charge in [0.15, 0.2) is 5.69 Å². The Morgan fingerprint density at radius 2 is 2.08 bits per heavy atom. The fourth-order valence-corrected chi connectivity index (χ4v) is 4.81. The smallest absolute Gasteiger partial charge is 0.356 e. The highest BCUT2D eigenvalue weighted by Crippen LogP contribution is 2.35. The van der Waals surface area contributed by atoms with E-state index in [1.54, 1.807) is 6.20 Å². The molecule has 0 saturated carbocycles. The molecule has 0 radical (unpaired) electrons. The molecule has 1 atom stereocenters. The zero-order valence-electron chi connectivity index (χ0n) is 13.4. The molecule has 1 aliphatic carbocycles. The second-order valence-corrected chi connectivity index (χ2v) is 7.59. The summed E-state index contributed by atoms with van der Waals surface area (Å²) in [5, 5.41) is 10.2. The van der Waals surface area contributed by atoms with Gasteiger partial charge in [-0.1, -0.05) is 0 Å². The molecule has 0 spiro atoms. The Labute approximate surface area is 144 Å². The lowest BCUT2D eigenvalue weighted by Crippen LogP contribution is -2.35. The quantitative estimate of drug-likeness (QED) is 0.922. The number of hydrogen-bond donors (Lipinski definition) is 1. The van der Waals surface area contributed by atoms with Crippen molar-refractivity contribution in [3.8, 4) is 0 Å². The molecular weight excluding hydrogens is 324 g/mol. The average Bonchev–Trinajstić information content (AvgIpc) is 3.06. The lowest BCUT2D eigenvalue weighted by atomic mass is 9.98. The van der Waals surface area contributed by atoms with Crippen LogP contribution >= 0.6 is 11.3 Å². The van der Waals surface area contributed by atoms with Crippen molar-refractivity contribution in [3.63, 3.8) is 0 Å². The number of fused-ring (bicyclic) bond motifs is 1. The number of aromatic carboxylic acids is 1. The number of piperidine rings is 1. The third-order valence-corrected chi connectivity index (χ3v) is 6.13. The van der Waals surface area contributed by atoms with E-state index in [-0.39, 0.29) is 5.69 Å². The van der Waals surface area contributed by atoms with Crippen LogP contribution in [0.15, 0.2) is 12.4 Å². The van der Waals surface area contributed by atoms with Crippen LogP contribution in [0.4, 0.5) is 5.82 Å². The fourth-order valence-electron chi connectivity index (χ4n) is 3.53. The molecule has 2 aromatic rings. The molecule has 1 unspecified atom stereocenters. The van der Waals surface area contributed by atoms with Gasteiger partial charge in [0.05, 0.1) is 23.1 Å². The Balaban J connectivity index is 1.51. The largest absolute Gasteiger partial charge is 0.476 e. The van der Waals surface area contributed by atoms with E-state index >= 15 is 0 Å². The van der Waals surface area contributed by atoms with Gasteiger partial charge in [-0.05, 0) is 38.5 Å². The lowest BCUT2D eigenvalue weighted by molar-refractivity contribution is 0.0690. The Morgan fingerprint density at radius 3 is 2.83 bits per heavy atom. The summed E-state index contributed by atoms with van der Waals surface area (Å²) in [5.74, 6) is 0.153. The number of carbonyl (C=O) groups is 1. The number of carboxylic acid groups (broad SMARTS) is 1. The molecule has 6 nitrogen and oxygen atoms in total. The Bertz CT molecular complexity index is 720. The third kappa shape index (κ3) is 3.00.